The Morgan fingerprint density at radius 2 is 1.50 bits per heavy atom. The van der Waals surface area contributed by atoms with E-state index in [1.54, 1.807) is 0 Å². The summed E-state index contributed by atoms with van der Waals surface area (Å²) in [7, 11) is 0. The summed E-state index contributed by atoms with van der Waals surface area (Å²) >= 11 is 0. The average Bonchev–Trinajstić information content (AvgIpc) is 2.38. The van der Waals surface area contributed by atoms with Crippen LogP contribution in [0, 0.1) is 11.6 Å². The van der Waals surface area contributed by atoms with E-state index in [1.807, 2.05) is 24.3 Å². The lowest BCUT2D eigenvalue weighted by Crippen LogP contribution is -2.05. The van der Waals surface area contributed by atoms with Crippen LogP contribution in [-0.2, 0) is 13.0 Å². The summed E-state index contributed by atoms with van der Waals surface area (Å²) in [5, 5.41) is 2.82. The van der Waals surface area contributed by atoms with Crippen molar-refractivity contribution in [1.29, 1.82) is 0 Å². The lowest BCUT2D eigenvalue weighted by molar-refractivity contribution is 0.588. The molecule has 18 heavy (non-hydrogen) atoms. The van der Waals surface area contributed by atoms with Gasteiger partial charge in [-0.15, -0.1) is 0 Å². The lowest BCUT2D eigenvalue weighted by atomic mass is 10.1. The zero-order valence-corrected chi connectivity index (χ0v) is 10.2. The van der Waals surface area contributed by atoms with Gasteiger partial charge in [-0.3, -0.25) is 0 Å². The Labute approximate surface area is 105 Å². The molecule has 0 fully saturated rings. The van der Waals surface area contributed by atoms with Gasteiger partial charge in [0, 0.05) is 6.54 Å². The second-order valence-electron chi connectivity index (χ2n) is 4.07. The molecule has 0 atom stereocenters. The van der Waals surface area contributed by atoms with Gasteiger partial charge in [-0.25, -0.2) is 8.78 Å². The fourth-order valence-corrected chi connectivity index (χ4v) is 1.93. The van der Waals surface area contributed by atoms with Crippen molar-refractivity contribution < 1.29 is 8.78 Å². The molecule has 0 saturated heterocycles. The maximum atomic E-state index is 13.4. The predicted octanol–water partition coefficient (Wildman–Crippen LogP) is 4.14. The third-order valence-corrected chi connectivity index (χ3v) is 2.92. The Kier molecular flexibility index (Phi) is 3.92. The fourth-order valence-electron chi connectivity index (χ4n) is 1.93. The Hall–Kier alpha value is -1.90. The molecule has 0 aliphatic carbocycles. The number of aryl methyl sites for hydroxylation is 1. The second kappa shape index (κ2) is 5.63. The molecule has 1 nitrogen and oxygen atoms in total. The number of hydrogen-bond donors (Lipinski definition) is 1. The highest BCUT2D eigenvalue weighted by molar-refractivity contribution is 5.47. The van der Waals surface area contributed by atoms with Crippen LogP contribution in [0.3, 0.4) is 0 Å². The van der Waals surface area contributed by atoms with Crippen molar-refractivity contribution in [1.82, 2.24) is 0 Å². The predicted molar refractivity (Wildman–Crippen MR) is 69.5 cm³/mol. The van der Waals surface area contributed by atoms with Crippen LogP contribution >= 0.6 is 0 Å². The van der Waals surface area contributed by atoms with E-state index in [-0.39, 0.29) is 5.69 Å². The molecule has 0 aliphatic rings. The second-order valence-corrected chi connectivity index (χ2v) is 4.07. The summed E-state index contributed by atoms with van der Waals surface area (Å²) in [5.41, 5.74) is 2.17. The average molecular weight is 247 g/mol. The molecule has 0 aromatic heterocycles. The van der Waals surface area contributed by atoms with Crippen LogP contribution < -0.4 is 5.32 Å². The number of nitrogens with one attached hydrogen (secondary N) is 1. The molecule has 0 saturated carbocycles. The van der Waals surface area contributed by atoms with Gasteiger partial charge in [-0.1, -0.05) is 37.3 Å². The van der Waals surface area contributed by atoms with Gasteiger partial charge in [0.05, 0.1) is 0 Å². The van der Waals surface area contributed by atoms with Crippen molar-refractivity contribution in [2.24, 2.45) is 0 Å². The van der Waals surface area contributed by atoms with E-state index < -0.39 is 11.6 Å². The number of halogens is 2. The number of benzene rings is 2. The summed E-state index contributed by atoms with van der Waals surface area (Å²) in [4.78, 5) is 0. The van der Waals surface area contributed by atoms with Crippen molar-refractivity contribution in [3.8, 4) is 0 Å². The molecule has 0 heterocycles. The van der Waals surface area contributed by atoms with Crippen molar-refractivity contribution in [2.45, 2.75) is 19.9 Å². The molecule has 2 aromatic carbocycles. The standard InChI is InChI=1S/C15H15F2N/c1-2-11-6-3-4-7-12(11)10-18-15-13(16)8-5-9-14(15)17/h3-9,18H,2,10H2,1H3. The van der Waals surface area contributed by atoms with Crippen LogP contribution in [0.25, 0.3) is 0 Å². The SMILES string of the molecule is CCc1ccccc1CNc1c(F)cccc1F. The number of anilines is 1. The van der Waals surface area contributed by atoms with E-state index in [1.165, 1.54) is 23.8 Å². The van der Waals surface area contributed by atoms with Gasteiger partial charge in [0.25, 0.3) is 0 Å². The van der Waals surface area contributed by atoms with Crippen LogP contribution in [-0.4, -0.2) is 0 Å². The number of rotatable bonds is 4. The van der Waals surface area contributed by atoms with Crippen molar-refractivity contribution in [2.75, 3.05) is 5.32 Å². The first-order valence-electron chi connectivity index (χ1n) is 5.97. The van der Waals surface area contributed by atoms with Gasteiger partial charge >= 0.3 is 0 Å². The fraction of sp³-hybridized carbons (Fsp3) is 0.200. The first kappa shape index (κ1) is 12.6. The minimum atomic E-state index is -0.566. The van der Waals surface area contributed by atoms with Crippen molar-refractivity contribution in [3.63, 3.8) is 0 Å². The molecule has 0 amide bonds. The molecule has 2 rings (SSSR count). The first-order chi connectivity index (χ1) is 8.72. The van der Waals surface area contributed by atoms with Crippen molar-refractivity contribution in [3.05, 3.63) is 65.2 Å². The van der Waals surface area contributed by atoms with Crippen LogP contribution in [0.4, 0.5) is 14.5 Å². The number of hydrogen-bond acceptors (Lipinski definition) is 1. The van der Waals surface area contributed by atoms with Crippen LogP contribution in [0.2, 0.25) is 0 Å². The maximum Gasteiger partial charge on any atom is 0.149 e. The summed E-state index contributed by atoms with van der Waals surface area (Å²) in [6, 6.07) is 11.7. The van der Waals surface area contributed by atoms with Gasteiger partial charge in [0.1, 0.15) is 17.3 Å². The van der Waals surface area contributed by atoms with Gasteiger partial charge in [0.15, 0.2) is 0 Å². The minimum Gasteiger partial charge on any atom is -0.376 e. The van der Waals surface area contributed by atoms with E-state index in [2.05, 4.69) is 12.2 Å². The Balaban J connectivity index is 2.16. The van der Waals surface area contributed by atoms with E-state index in [0.717, 1.165) is 12.0 Å². The highest BCUT2D eigenvalue weighted by Gasteiger charge is 2.08. The molecule has 0 radical (unpaired) electrons. The number of para-hydroxylation sites is 1. The first-order valence-corrected chi connectivity index (χ1v) is 5.97. The van der Waals surface area contributed by atoms with E-state index in [4.69, 9.17) is 0 Å². The van der Waals surface area contributed by atoms with E-state index in [9.17, 15) is 8.78 Å². The van der Waals surface area contributed by atoms with Crippen molar-refractivity contribution >= 4 is 5.69 Å². The summed E-state index contributed by atoms with van der Waals surface area (Å²) in [5.74, 6) is -1.13. The maximum absolute atomic E-state index is 13.4. The normalized spacial score (nSPS) is 10.4. The molecule has 94 valence electrons. The molecule has 1 N–H and O–H groups in total. The van der Waals surface area contributed by atoms with Crippen LogP contribution in [0.5, 0.6) is 0 Å². The Bertz CT molecular complexity index is 518. The van der Waals surface area contributed by atoms with Gasteiger partial charge in [-0.2, -0.15) is 0 Å². The third-order valence-electron chi connectivity index (χ3n) is 2.92. The summed E-state index contributed by atoms with van der Waals surface area (Å²) in [6.45, 7) is 2.48. The van der Waals surface area contributed by atoms with Gasteiger partial charge < -0.3 is 5.32 Å². The molecule has 3 heteroatoms. The summed E-state index contributed by atoms with van der Waals surface area (Å²) < 4.78 is 26.9. The monoisotopic (exact) mass is 247 g/mol. The van der Waals surface area contributed by atoms with Gasteiger partial charge in [0.2, 0.25) is 0 Å². The topological polar surface area (TPSA) is 12.0 Å². The zero-order valence-electron chi connectivity index (χ0n) is 10.2. The Morgan fingerprint density at radius 3 is 2.11 bits per heavy atom. The lowest BCUT2D eigenvalue weighted by Gasteiger charge is -2.11. The highest BCUT2D eigenvalue weighted by Crippen LogP contribution is 2.19. The molecule has 0 unspecified atom stereocenters. The van der Waals surface area contributed by atoms with Crippen LogP contribution in [0.15, 0.2) is 42.5 Å². The van der Waals surface area contributed by atoms with Gasteiger partial charge in [-0.05, 0) is 29.7 Å². The van der Waals surface area contributed by atoms with E-state index >= 15 is 0 Å². The molecule has 0 spiro atoms. The third kappa shape index (κ3) is 2.67. The molecule has 0 aliphatic heterocycles. The zero-order chi connectivity index (χ0) is 13.0. The summed E-state index contributed by atoms with van der Waals surface area (Å²) in [6.07, 6.45) is 0.900. The minimum absolute atomic E-state index is 0.0663. The molecule has 0 bridgehead atoms. The molecule has 2 aromatic rings. The van der Waals surface area contributed by atoms with Crippen LogP contribution in [0.1, 0.15) is 18.1 Å². The smallest absolute Gasteiger partial charge is 0.149 e. The molecular formula is C15H15F2N. The van der Waals surface area contributed by atoms with E-state index in [0.29, 0.717) is 6.54 Å². The molecular weight excluding hydrogens is 232 g/mol. The quantitative estimate of drug-likeness (QED) is 0.856. The highest BCUT2D eigenvalue weighted by atomic mass is 19.1. The largest absolute Gasteiger partial charge is 0.376 e. The Morgan fingerprint density at radius 1 is 0.889 bits per heavy atom.